The van der Waals surface area contributed by atoms with Gasteiger partial charge in [-0.05, 0) is 25.8 Å². The molecule has 1 aliphatic carbocycles. The van der Waals surface area contributed by atoms with Gasteiger partial charge in [0.1, 0.15) is 5.84 Å². The summed E-state index contributed by atoms with van der Waals surface area (Å²) >= 11 is 0. The van der Waals surface area contributed by atoms with Crippen LogP contribution in [0.15, 0.2) is 23.0 Å². The van der Waals surface area contributed by atoms with Crippen LogP contribution in [0, 0.1) is 12.8 Å². The van der Waals surface area contributed by atoms with Gasteiger partial charge in [-0.2, -0.15) is 5.10 Å². The average Bonchev–Trinajstić information content (AvgIpc) is 3.24. The first-order valence-corrected chi connectivity index (χ1v) is 8.09. The van der Waals surface area contributed by atoms with Crippen LogP contribution in [0.25, 0.3) is 0 Å². The zero-order valence-electron chi connectivity index (χ0n) is 13.8. The smallest absolute Gasteiger partial charge is 0.136 e. The van der Waals surface area contributed by atoms with Gasteiger partial charge in [0.25, 0.3) is 0 Å². The van der Waals surface area contributed by atoms with Crippen molar-refractivity contribution >= 4 is 5.84 Å². The minimum absolute atomic E-state index is 0.752. The Bertz CT molecular complexity index is 521. The summed E-state index contributed by atoms with van der Waals surface area (Å²) in [5, 5.41) is 7.44. The molecule has 4 nitrogen and oxygen atoms in total. The van der Waals surface area contributed by atoms with Crippen LogP contribution in [0.4, 0.5) is 0 Å². The van der Waals surface area contributed by atoms with E-state index in [9.17, 15) is 0 Å². The molecule has 1 fully saturated rings. The van der Waals surface area contributed by atoms with Gasteiger partial charge in [0.15, 0.2) is 0 Å². The van der Waals surface area contributed by atoms with Gasteiger partial charge in [-0.15, -0.1) is 0 Å². The van der Waals surface area contributed by atoms with E-state index in [-0.39, 0.29) is 0 Å². The summed E-state index contributed by atoms with van der Waals surface area (Å²) in [5.74, 6) is 2.08. The van der Waals surface area contributed by atoms with Gasteiger partial charge in [0.05, 0.1) is 18.3 Å². The zero-order chi connectivity index (χ0) is 15.2. The van der Waals surface area contributed by atoms with E-state index < -0.39 is 0 Å². The van der Waals surface area contributed by atoms with E-state index in [1.165, 1.54) is 32.1 Å². The Morgan fingerprint density at radius 3 is 2.62 bits per heavy atom. The molecule has 1 N–H and O–H groups in total. The second-order valence-electron chi connectivity index (χ2n) is 6.05. The molecule has 1 aromatic rings. The van der Waals surface area contributed by atoms with Crippen LogP contribution >= 0.6 is 0 Å². The van der Waals surface area contributed by atoms with Gasteiger partial charge in [0, 0.05) is 18.4 Å². The number of aromatic nitrogens is 2. The van der Waals surface area contributed by atoms with Crippen molar-refractivity contribution in [3.05, 3.63) is 29.2 Å². The third-order valence-corrected chi connectivity index (χ3v) is 4.12. The van der Waals surface area contributed by atoms with Crippen LogP contribution in [0.1, 0.15) is 57.2 Å². The fourth-order valence-electron chi connectivity index (χ4n) is 2.33. The van der Waals surface area contributed by atoms with Gasteiger partial charge in [0.2, 0.25) is 0 Å². The molecule has 1 saturated carbocycles. The second kappa shape index (κ2) is 7.43. The van der Waals surface area contributed by atoms with Crippen molar-refractivity contribution in [1.29, 1.82) is 0 Å². The summed E-state index contributed by atoms with van der Waals surface area (Å²) in [7, 11) is 1.94. The molecule has 0 bridgehead atoms. The Hall–Kier alpha value is -1.58. The van der Waals surface area contributed by atoms with Crippen LogP contribution in [0.5, 0.6) is 0 Å². The molecule has 2 heterocycles. The molecule has 21 heavy (non-hydrogen) atoms. The predicted octanol–water partition coefficient (Wildman–Crippen LogP) is 3.57. The maximum absolute atomic E-state index is 4.40. The number of allylic oxidation sites excluding steroid dienone is 1. The Morgan fingerprint density at radius 2 is 2.10 bits per heavy atom. The molecule has 1 aliphatic heterocycles. The number of aryl methyl sites for hydroxylation is 1. The molecule has 0 atom stereocenters. The molecule has 0 aromatic carbocycles. The number of unbranched alkanes of at least 4 members (excludes halogenated alkanes) is 1. The molecule has 4 heteroatoms. The lowest BCUT2D eigenvalue weighted by molar-refractivity contribution is 0.654. The monoisotopic (exact) mass is 288 g/mol. The maximum atomic E-state index is 4.40. The molecular weight excluding hydrogens is 260 g/mol. The summed E-state index contributed by atoms with van der Waals surface area (Å²) in [6.07, 6.45) is 11.3. The average molecular weight is 288 g/mol. The van der Waals surface area contributed by atoms with Crippen molar-refractivity contribution in [1.82, 2.24) is 15.1 Å². The standard InChI is InChI=1S/C10H14N4.C7H14/c1-7-4-5-11-10(13-7)9-6-12-14(3)8(9)2;1-2-3-4-7-5-6-7/h4,6H,5H2,1-3H3,(H,11,13);7H,2-6H2,1H3. The van der Waals surface area contributed by atoms with Crippen LogP contribution < -0.4 is 5.32 Å². The Labute approximate surface area is 128 Å². The Balaban J connectivity index is 0.000000194. The van der Waals surface area contributed by atoms with Gasteiger partial charge < -0.3 is 5.32 Å². The lowest BCUT2D eigenvalue weighted by Gasteiger charge is -2.13. The van der Waals surface area contributed by atoms with Crippen molar-refractivity contribution in [3.63, 3.8) is 0 Å². The van der Waals surface area contributed by atoms with Crippen LogP contribution in [-0.4, -0.2) is 22.2 Å². The summed E-state index contributed by atoms with van der Waals surface area (Å²) < 4.78 is 1.85. The minimum Gasteiger partial charge on any atom is -0.344 e. The van der Waals surface area contributed by atoms with Crippen molar-refractivity contribution in [3.8, 4) is 0 Å². The maximum Gasteiger partial charge on any atom is 0.136 e. The van der Waals surface area contributed by atoms with E-state index >= 15 is 0 Å². The molecule has 1 aromatic heterocycles. The molecule has 0 spiro atoms. The molecule has 3 rings (SSSR count). The van der Waals surface area contributed by atoms with Gasteiger partial charge in [-0.3, -0.25) is 9.67 Å². The van der Waals surface area contributed by atoms with Crippen LogP contribution in [0.2, 0.25) is 0 Å². The molecule has 0 saturated heterocycles. The van der Waals surface area contributed by atoms with E-state index in [1.54, 1.807) is 0 Å². The number of hydrogen-bond donors (Lipinski definition) is 1. The van der Waals surface area contributed by atoms with Crippen molar-refractivity contribution in [2.45, 2.75) is 52.9 Å². The topological polar surface area (TPSA) is 42.2 Å². The van der Waals surface area contributed by atoms with Crippen molar-refractivity contribution < 1.29 is 0 Å². The SMILES string of the molecule is CC1=CCN=C(c2cnn(C)c2C)N1.CCCCC1CC1. The van der Waals surface area contributed by atoms with E-state index in [1.807, 2.05) is 31.8 Å². The van der Waals surface area contributed by atoms with E-state index in [0.29, 0.717) is 0 Å². The summed E-state index contributed by atoms with van der Waals surface area (Å²) in [4.78, 5) is 4.40. The van der Waals surface area contributed by atoms with Crippen LogP contribution in [-0.2, 0) is 7.05 Å². The molecule has 116 valence electrons. The van der Waals surface area contributed by atoms with Gasteiger partial charge >= 0.3 is 0 Å². The molecular formula is C17H28N4. The number of nitrogens with zero attached hydrogens (tertiary/aromatic N) is 3. The first-order valence-electron chi connectivity index (χ1n) is 8.09. The highest BCUT2D eigenvalue weighted by Crippen LogP contribution is 2.33. The highest BCUT2D eigenvalue weighted by Gasteiger charge is 2.19. The number of nitrogens with one attached hydrogen (secondary N) is 1. The predicted molar refractivity (Wildman–Crippen MR) is 88.5 cm³/mol. The third-order valence-electron chi connectivity index (χ3n) is 4.12. The van der Waals surface area contributed by atoms with Crippen LogP contribution in [0.3, 0.4) is 0 Å². The zero-order valence-corrected chi connectivity index (χ0v) is 13.8. The molecule has 0 amide bonds. The summed E-state index contributed by atoms with van der Waals surface area (Å²) in [6.45, 7) is 7.10. The fourth-order valence-corrected chi connectivity index (χ4v) is 2.33. The lowest BCUT2D eigenvalue weighted by atomic mass is 10.2. The summed E-state index contributed by atoms with van der Waals surface area (Å²) in [6, 6.07) is 0. The van der Waals surface area contributed by atoms with Gasteiger partial charge in [-0.25, -0.2) is 0 Å². The molecule has 0 unspecified atom stereocenters. The normalized spacial score (nSPS) is 17.3. The first kappa shape index (κ1) is 15.8. The number of amidine groups is 1. The Kier molecular flexibility index (Phi) is 5.59. The summed E-state index contributed by atoms with van der Waals surface area (Å²) in [5.41, 5.74) is 3.36. The second-order valence-corrected chi connectivity index (χ2v) is 6.05. The van der Waals surface area contributed by atoms with E-state index in [4.69, 9.17) is 0 Å². The number of rotatable bonds is 4. The quantitative estimate of drug-likeness (QED) is 0.920. The molecule has 0 radical (unpaired) electrons. The fraction of sp³-hybridized carbons (Fsp3) is 0.647. The van der Waals surface area contributed by atoms with E-state index in [2.05, 4.69) is 28.4 Å². The highest BCUT2D eigenvalue weighted by molar-refractivity contribution is 6.01. The lowest BCUT2D eigenvalue weighted by Crippen LogP contribution is -2.26. The number of aliphatic imine (C=N–C) groups is 1. The van der Waals surface area contributed by atoms with Crippen molar-refractivity contribution in [2.24, 2.45) is 18.0 Å². The minimum atomic E-state index is 0.752. The largest absolute Gasteiger partial charge is 0.344 e. The molecule has 2 aliphatic rings. The van der Waals surface area contributed by atoms with E-state index in [0.717, 1.165) is 35.3 Å². The van der Waals surface area contributed by atoms with Crippen molar-refractivity contribution in [2.75, 3.05) is 6.54 Å². The Morgan fingerprint density at radius 1 is 1.33 bits per heavy atom. The third kappa shape index (κ3) is 4.73. The highest BCUT2D eigenvalue weighted by atomic mass is 15.3. The first-order chi connectivity index (χ1) is 10.1. The van der Waals surface area contributed by atoms with Gasteiger partial charge in [-0.1, -0.05) is 39.0 Å². The number of hydrogen-bond acceptors (Lipinski definition) is 3.